The van der Waals surface area contributed by atoms with E-state index >= 15 is 0 Å². The Hall–Kier alpha value is -2.69. The molecule has 0 aliphatic carbocycles. The van der Waals surface area contributed by atoms with Gasteiger partial charge in [0.25, 0.3) is 0 Å². The maximum Gasteiger partial charge on any atom is 0.223 e. The highest BCUT2D eigenvalue weighted by molar-refractivity contribution is 5.94. The Kier molecular flexibility index (Phi) is 6.50. The van der Waals surface area contributed by atoms with E-state index in [4.69, 9.17) is 0 Å². The molecule has 0 saturated heterocycles. The van der Waals surface area contributed by atoms with E-state index in [1.807, 2.05) is 32.9 Å². The highest BCUT2D eigenvalue weighted by Crippen LogP contribution is 2.26. The molecule has 138 valence electrons. The van der Waals surface area contributed by atoms with Crippen molar-refractivity contribution < 1.29 is 14.0 Å². The summed E-state index contributed by atoms with van der Waals surface area (Å²) in [6.45, 7) is 7.85. The van der Waals surface area contributed by atoms with E-state index < -0.39 is 0 Å². The van der Waals surface area contributed by atoms with Gasteiger partial charge in [-0.1, -0.05) is 35.9 Å². The van der Waals surface area contributed by atoms with E-state index in [-0.39, 0.29) is 37.1 Å². The predicted molar refractivity (Wildman–Crippen MR) is 102 cm³/mol. The van der Waals surface area contributed by atoms with Crippen molar-refractivity contribution in [1.29, 1.82) is 0 Å². The number of rotatable bonds is 6. The minimum absolute atomic E-state index is 0.109. The summed E-state index contributed by atoms with van der Waals surface area (Å²) >= 11 is 0. The summed E-state index contributed by atoms with van der Waals surface area (Å²) in [5.74, 6) is -0.673. The van der Waals surface area contributed by atoms with Crippen LogP contribution in [0.3, 0.4) is 0 Å². The average molecular weight is 356 g/mol. The van der Waals surface area contributed by atoms with Crippen molar-refractivity contribution in [3.05, 3.63) is 64.5 Å². The first-order valence-electron chi connectivity index (χ1n) is 8.65. The first-order valence-corrected chi connectivity index (χ1v) is 8.65. The maximum absolute atomic E-state index is 13.6. The van der Waals surface area contributed by atoms with Gasteiger partial charge in [-0.05, 0) is 38.0 Å². The van der Waals surface area contributed by atoms with E-state index in [0.29, 0.717) is 5.56 Å². The van der Waals surface area contributed by atoms with Crippen molar-refractivity contribution in [3.8, 4) is 0 Å². The molecular weight excluding hydrogens is 331 g/mol. The largest absolute Gasteiger partial charge is 0.352 e. The SMILES string of the molecule is CC(=O)N(CCC(=O)NCc1ccccc1F)c1c(C)cc(C)cc1C. The van der Waals surface area contributed by atoms with Gasteiger partial charge >= 0.3 is 0 Å². The maximum atomic E-state index is 13.6. The van der Waals surface area contributed by atoms with Crippen LogP contribution in [0.5, 0.6) is 0 Å². The fourth-order valence-electron chi connectivity index (χ4n) is 3.16. The molecule has 2 rings (SSSR count). The lowest BCUT2D eigenvalue weighted by Crippen LogP contribution is -2.34. The van der Waals surface area contributed by atoms with Crippen LogP contribution in [0.1, 0.15) is 35.6 Å². The molecule has 0 spiro atoms. The smallest absolute Gasteiger partial charge is 0.223 e. The minimum Gasteiger partial charge on any atom is -0.352 e. The molecule has 26 heavy (non-hydrogen) atoms. The van der Waals surface area contributed by atoms with Crippen LogP contribution in [0.25, 0.3) is 0 Å². The van der Waals surface area contributed by atoms with Crippen LogP contribution >= 0.6 is 0 Å². The zero-order chi connectivity index (χ0) is 19.3. The quantitative estimate of drug-likeness (QED) is 0.856. The van der Waals surface area contributed by atoms with Gasteiger partial charge in [-0.25, -0.2) is 4.39 Å². The van der Waals surface area contributed by atoms with E-state index in [0.717, 1.165) is 22.4 Å². The Morgan fingerprint density at radius 2 is 1.69 bits per heavy atom. The zero-order valence-electron chi connectivity index (χ0n) is 15.7. The molecule has 0 heterocycles. The molecule has 0 aromatic heterocycles. The Morgan fingerprint density at radius 3 is 2.27 bits per heavy atom. The second-order valence-corrected chi connectivity index (χ2v) is 6.54. The van der Waals surface area contributed by atoms with Crippen LogP contribution < -0.4 is 10.2 Å². The van der Waals surface area contributed by atoms with Crippen molar-refractivity contribution in [2.75, 3.05) is 11.4 Å². The van der Waals surface area contributed by atoms with Crippen LogP contribution in [-0.4, -0.2) is 18.4 Å². The summed E-state index contributed by atoms with van der Waals surface area (Å²) in [5, 5.41) is 2.71. The number of hydrogen-bond acceptors (Lipinski definition) is 2. The number of hydrogen-bond donors (Lipinski definition) is 1. The van der Waals surface area contributed by atoms with Gasteiger partial charge in [0.05, 0.1) is 0 Å². The normalized spacial score (nSPS) is 10.5. The Balaban J connectivity index is 2.02. The summed E-state index contributed by atoms with van der Waals surface area (Å²) in [6.07, 6.45) is 0.154. The van der Waals surface area contributed by atoms with Gasteiger partial charge in [0.1, 0.15) is 5.82 Å². The summed E-state index contributed by atoms with van der Waals surface area (Å²) in [4.78, 5) is 25.9. The molecule has 2 aromatic carbocycles. The number of nitrogens with one attached hydrogen (secondary N) is 1. The fourth-order valence-corrected chi connectivity index (χ4v) is 3.16. The van der Waals surface area contributed by atoms with E-state index in [2.05, 4.69) is 5.32 Å². The number of anilines is 1. The third kappa shape index (κ3) is 4.91. The summed E-state index contributed by atoms with van der Waals surface area (Å²) in [5.41, 5.74) is 4.43. The van der Waals surface area contributed by atoms with Gasteiger partial charge in [-0.15, -0.1) is 0 Å². The molecule has 0 aliphatic heterocycles. The lowest BCUT2D eigenvalue weighted by atomic mass is 10.0. The highest BCUT2D eigenvalue weighted by atomic mass is 19.1. The third-order valence-electron chi connectivity index (χ3n) is 4.28. The Bertz CT molecular complexity index is 794. The second-order valence-electron chi connectivity index (χ2n) is 6.54. The van der Waals surface area contributed by atoms with E-state index in [9.17, 15) is 14.0 Å². The van der Waals surface area contributed by atoms with Gasteiger partial charge in [0.2, 0.25) is 11.8 Å². The molecule has 0 atom stereocenters. The average Bonchev–Trinajstić information content (AvgIpc) is 2.55. The van der Waals surface area contributed by atoms with Crippen LogP contribution in [0, 0.1) is 26.6 Å². The van der Waals surface area contributed by atoms with Gasteiger partial charge in [-0.3, -0.25) is 9.59 Å². The topological polar surface area (TPSA) is 49.4 Å². The lowest BCUT2D eigenvalue weighted by Gasteiger charge is -2.25. The molecule has 2 aromatic rings. The predicted octanol–water partition coefficient (Wildman–Crippen LogP) is 3.81. The minimum atomic E-state index is -0.343. The van der Waals surface area contributed by atoms with Gasteiger partial charge in [-0.2, -0.15) is 0 Å². The molecular formula is C21H25FN2O2. The molecule has 4 nitrogen and oxygen atoms in total. The molecule has 0 aliphatic rings. The molecule has 0 bridgehead atoms. The number of amides is 2. The molecule has 0 radical (unpaired) electrons. The number of halogens is 1. The molecule has 2 amide bonds. The van der Waals surface area contributed by atoms with E-state index in [1.165, 1.54) is 13.0 Å². The first kappa shape index (κ1) is 19.6. The van der Waals surface area contributed by atoms with E-state index in [1.54, 1.807) is 23.1 Å². The number of aryl methyl sites for hydroxylation is 3. The van der Waals surface area contributed by atoms with Crippen molar-refractivity contribution in [2.45, 2.75) is 40.7 Å². The van der Waals surface area contributed by atoms with Crippen LogP contribution in [0.15, 0.2) is 36.4 Å². The van der Waals surface area contributed by atoms with Gasteiger partial charge < -0.3 is 10.2 Å². The zero-order valence-corrected chi connectivity index (χ0v) is 15.7. The van der Waals surface area contributed by atoms with Crippen molar-refractivity contribution in [3.63, 3.8) is 0 Å². The van der Waals surface area contributed by atoms with Crippen LogP contribution in [-0.2, 0) is 16.1 Å². The van der Waals surface area contributed by atoms with Crippen molar-refractivity contribution in [1.82, 2.24) is 5.32 Å². The third-order valence-corrected chi connectivity index (χ3v) is 4.28. The first-order chi connectivity index (χ1) is 12.3. The monoisotopic (exact) mass is 356 g/mol. The summed E-state index contributed by atoms with van der Waals surface area (Å²) in [7, 11) is 0. The Labute approximate surface area is 154 Å². The summed E-state index contributed by atoms with van der Waals surface area (Å²) in [6, 6.07) is 10.4. The number of carbonyl (C=O) groups is 2. The van der Waals surface area contributed by atoms with Crippen LogP contribution in [0.4, 0.5) is 10.1 Å². The number of carbonyl (C=O) groups excluding carboxylic acids is 2. The lowest BCUT2D eigenvalue weighted by molar-refractivity contribution is -0.121. The fraction of sp³-hybridized carbons (Fsp3) is 0.333. The van der Waals surface area contributed by atoms with Crippen molar-refractivity contribution >= 4 is 17.5 Å². The standard InChI is InChI=1S/C21H25FN2O2/c1-14-11-15(2)21(16(3)12-14)24(17(4)25)10-9-20(26)23-13-18-7-5-6-8-19(18)22/h5-8,11-12H,9-10,13H2,1-4H3,(H,23,26). The molecule has 0 fully saturated rings. The highest BCUT2D eigenvalue weighted by Gasteiger charge is 2.18. The van der Waals surface area contributed by atoms with Gasteiger partial charge in [0, 0.05) is 37.7 Å². The Morgan fingerprint density at radius 1 is 1.08 bits per heavy atom. The summed E-state index contributed by atoms with van der Waals surface area (Å²) < 4.78 is 13.6. The van der Waals surface area contributed by atoms with Crippen molar-refractivity contribution in [2.24, 2.45) is 0 Å². The van der Waals surface area contributed by atoms with Crippen LogP contribution in [0.2, 0.25) is 0 Å². The molecule has 0 saturated carbocycles. The molecule has 0 unspecified atom stereocenters. The second kappa shape index (κ2) is 8.61. The number of benzene rings is 2. The molecule has 1 N–H and O–H groups in total. The number of nitrogens with zero attached hydrogens (tertiary/aromatic N) is 1. The van der Waals surface area contributed by atoms with Gasteiger partial charge in [0.15, 0.2) is 0 Å². The molecule has 5 heteroatoms.